The molecule has 1 saturated heterocycles. The lowest BCUT2D eigenvalue weighted by molar-refractivity contribution is -0.137. The van der Waals surface area contributed by atoms with E-state index in [1.165, 1.54) is 12.1 Å². The number of rotatable bonds is 6. The van der Waals surface area contributed by atoms with Gasteiger partial charge in [0.05, 0.1) is 5.56 Å². The lowest BCUT2D eigenvalue weighted by atomic mass is 9.94. The second-order valence-electron chi connectivity index (χ2n) is 7.39. The second-order valence-corrected chi connectivity index (χ2v) is 8.45. The molecule has 2 aromatic rings. The van der Waals surface area contributed by atoms with Crippen LogP contribution in [0.3, 0.4) is 0 Å². The van der Waals surface area contributed by atoms with Crippen molar-refractivity contribution in [1.29, 1.82) is 0 Å². The van der Waals surface area contributed by atoms with Gasteiger partial charge in [-0.05, 0) is 43.0 Å². The summed E-state index contributed by atoms with van der Waals surface area (Å²) >= 11 is 1.77. The van der Waals surface area contributed by atoms with E-state index in [2.05, 4.69) is 9.88 Å². The molecule has 3 nitrogen and oxygen atoms in total. The fraction of sp³-hybridized carbons (Fsp3) is 0.526. The highest BCUT2D eigenvalue weighted by atomic mass is 32.2. The maximum Gasteiger partial charge on any atom is 0.416 e. The molecule has 1 aromatic carbocycles. The molecule has 0 spiro atoms. The minimum Gasteiger partial charge on any atom is -0.329 e. The Morgan fingerprint density at radius 2 is 2.04 bits per heavy atom. The summed E-state index contributed by atoms with van der Waals surface area (Å²) in [6, 6.07) is 5.82. The van der Waals surface area contributed by atoms with Crippen molar-refractivity contribution in [3.8, 4) is 0 Å². The Hall–Kier alpha value is -1.47. The molecule has 1 saturated carbocycles. The van der Waals surface area contributed by atoms with Gasteiger partial charge in [0.1, 0.15) is 0 Å². The van der Waals surface area contributed by atoms with Gasteiger partial charge in [0, 0.05) is 43.7 Å². The van der Waals surface area contributed by atoms with Crippen LogP contribution in [0.2, 0.25) is 0 Å². The Bertz CT molecular complexity index is 771. The van der Waals surface area contributed by atoms with Crippen LogP contribution in [0.25, 0.3) is 0 Å². The summed E-state index contributed by atoms with van der Waals surface area (Å²) in [7, 11) is 2.00. The summed E-state index contributed by atoms with van der Waals surface area (Å²) in [5, 5.41) is 1.04. The summed E-state index contributed by atoms with van der Waals surface area (Å²) in [5.41, 5.74) is 0.605. The molecule has 0 amide bonds. The van der Waals surface area contributed by atoms with Crippen molar-refractivity contribution in [3.05, 3.63) is 47.8 Å². The first-order chi connectivity index (χ1) is 12.4. The zero-order valence-electron chi connectivity index (χ0n) is 14.7. The van der Waals surface area contributed by atoms with Crippen LogP contribution in [0.1, 0.15) is 24.0 Å². The molecule has 0 N–H and O–H groups in total. The van der Waals surface area contributed by atoms with Gasteiger partial charge in [-0.15, -0.1) is 0 Å². The van der Waals surface area contributed by atoms with Crippen molar-refractivity contribution in [2.24, 2.45) is 13.0 Å². The standard InChI is InChI=1S/C19H22F3N3S/c1-24-9-7-23-17(24)26-10-2-8-25-12-16-11-18(16,13-25)14-3-5-15(6-4-14)19(20,21)22/h3-7,9,16H,2,8,10-13H2,1H3. The van der Waals surface area contributed by atoms with Crippen LogP contribution in [0, 0.1) is 5.92 Å². The van der Waals surface area contributed by atoms with Crippen LogP contribution >= 0.6 is 11.8 Å². The van der Waals surface area contributed by atoms with Crippen molar-refractivity contribution < 1.29 is 13.2 Å². The number of likely N-dealkylation sites (tertiary alicyclic amines) is 1. The van der Waals surface area contributed by atoms with Gasteiger partial charge in [0.2, 0.25) is 0 Å². The Balaban J connectivity index is 1.29. The van der Waals surface area contributed by atoms with Gasteiger partial charge < -0.3 is 9.47 Å². The highest BCUT2D eigenvalue weighted by Gasteiger charge is 2.60. The van der Waals surface area contributed by atoms with E-state index in [4.69, 9.17) is 0 Å². The third-order valence-corrected chi connectivity index (χ3v) is 6.77. The molecule has 2 heterocycles. The third-order valence-electron chi connectivity index (χ3n) is 5.63. The molecule has 7 heteroatoms. The summed E-state index contributed by atoms with van der Waals surface area (Å²) < 4.78 is 40.3. The number of nitrogens with zero attached hydrogens (tertiary/aromatic N) is 3. The molecule has 26 heavy (non-hydrogen) atoms. The fourth-order valence-corrected chi connectivity index (χ4v) is 4.99. The first kappa shape index (κ1) is 17.9. The summed E-state index contributed by atoms with van der Waals surface area (Å²) in [4.78, 5) is 6.77. The van der Waals surface area contributed by atoms with E-state index in [-0.39, 0.29) is 5.41 Å². The Kier molecular flexibility index (Phi) is 4.55. The summed E-state index contributed by atoms with van der Waals surface area (Å²) in [5.74, 6) is 1.63. The third kappa shape index (κ3) is 3.39. The quantitative estimate of drug-likeness (QED) is 0.553. The van der Waals surface area contributed by atoms with Crippen LogP contribution in [0.5, 0.6) is 0 Å². The van der Waals surface area contributed by atoms with Gasteiger partial charge >= 0.3 is 6.18 Å². The first-order valence-corrected chi connectivity index (χ1v) is 9.87. The van der Waals surface area contributed by atoms with E-state index in [9.17, 15) is 13.2 Å². The zero-order valence-corrected chi connectivity index (χ0v) is 15.5. The van der Waals surface area contributed by atoms with Crippen LogP contribution in [-0.4, -0.2) is 39.8 Å². The number of thioether (sulfide) groups is 1. The largest absolute Gasteiger partial charge is 0.416 e. The molecule has 140 valence electrons. The van der Waals surface area contributed by atoms with E-state index in [1.54, 1.807) is 23.9 Å². The second kappa shape index (κ2) is 6.60. The topological polar surface area (TPSA) is 21.1 Å². The molecular weight excluding hydrogens is 359 g/mol. The smallest absolute Gasteiger partial charge is 0.329 e. The van der Waals surface area contributed by atoms with Crippen LogP contribution in [-0.2, 0) is 18.6 Å². The first-order valence-electron chi connectivity index (χ1n) is 8.89. The van der Waals surface area contributed by atoms with Gasteiger partial charge in [-0.1, -0.05) is 23.9 Å². The fourth-order valence-electron chi connectivity index (χ4n) is 4.14. The van der Waals surface area contributed by atoms with Gasteiger partial charge in [0.25, 0.3) is 0 Å². The van der Waals surface area contributed by atoms with Crippen LogP contribution in [0.15, 0.2) is 41.8 Å². The van der Waals surface area contributed by atoms with Crippen LogP contribution in [0.4, 0.5) is 13.2 Å². The summed E-state index contributed by atoms with van der Waals surface area (Å²) in [6.45, 7) is 3.07. The predicted molar refractivity (Wildman–Crippen MR) is 96.2 cm³/mol. The predicted octanol–water partition coefficient (Wildman–Crippen LogP) is 4.19. The van der Waals surface area contributed by atoms with Crippen molar-refractivity contribution in [1.82, 2.24) is 14.5 Å². The number of alkyl halides is 3. The number of hydrogen-bond donors (Lipinski definition) is 0. The van der Waals surface area contributed by atoms with Crippen LogP contribution < -0.4 is 0 Å². The molecule has 1 aliphatic carbocycles. The Morgan fingerprint density at radius 1 is 1.27 bits per heavy atom. The summed E-state index contributed by atoms with van der Waals surface area (Å²) in [6.07, 6.45) is 1.70. The Morgan fingerprint density at radius 3 is 2.69 bits per heavy atom. The molecule has 0 bridgehead atoms. The van der Waals surface area contributed by atoms with E-state index in [0.717, 1.165) is 48.9 Å². The lowest BCUT2D eigenvalue weighted by Gasteiger charge is -2.21. The van der Waals surface area contributed by atoms with E-state index >= 15 is 0 Å². The number of halogens is 3. The maximum absolute atomic E-state index is 12.7. The number of hydrogen-bond acceptors (Lipinski definition) is 3. The zero-order chi connectivity index (χ0) is 18.4. The number of fused-ring (bicyclic) bond motifs is 1. The monoisotopic (exact) mass is 381 g/mol. The average Bonchev–Trinajstić information content (AvgIpc) is 2.95. The van der Waals surface area contributed by atoms with Crippen molar-refractivity contribution >= 4 is 11.8 Å². The van der Waals surface area contributed by atoms with E-state index in [1.807, 2.05) is 24.0 Å². The number of piperidine rings is 1. The highest BCUT2D eigenvalue weighted by Crippen LogP contribution is 2.59. The lowest BCUT2D eigenvalue weighted by Crippen LogP contribution is -2.28. The number of aryl methyl sites for hydroxylation is 1. The average molecular weight is 381 g/mol. The van der Waals surface area contributed by atoms with Gasteiger partial charge in [-0.2, -0.15) is 13.2 Å². The minimum absolute atomic E-state index is 0.0942. The normalized spacial score (nSPS) is 25.5. The molecule has 1 aliphatic heterocycles. The van der Waals surface area contributed by atoms with Gasteiger partial charge in [-0.3, -0.25) is 0 Å². The molecule has 4 rings (SSSR count). The van der Waals surface area contributed by atoms with Crippen molar-refractivity contribution in [2.75, 3.05) is 25.4 Å². The molecule has 2 aliphatic rings. The maximum atomic E-state index is 12.7. The van der Waals surface area contributed by atoms with Crippen molar-refractivity contribution in [3.63, 3.8) is 0 Å². The van der Waals surface area contributed by atoms with Gasteiger partial charge in [-0.25, -0.2) is 4.98 Å². The number of aromatic nitrogens is 2. The highest BCUT2D eigenvalue weighted by molar-refractivity contribution is 7.99. The van der Waals surface area contributed by atoms with Crippen molar-refractivity contribution in [2.45, 2.75) is 29.6 Å². The Labute approximate surface area is 155 Å². The molecule has 1 aromatic heterocycles. The molecular formula is C19H22F3N3S. The minimum atomic E-state index is -4.26. The van der Waals surface area contributed by atoms with Gasteiger partial charge in [0.15, 0.2) is 5.16 Å². The van der Waals surface area contributed by atoms with E-state index in [0.29, 0.717) is 5.92 Å². The molecule has 2 fully saturated rings. The molecule has 2 atom stereocenters. The number of imidazole rings is 1. The molecule has 2 unspecified atom stereocenters. The SMILES string of the molecule is Cn1ccnc1SCCCN1CC2CC2(c2ccc(C(F)(F)F)cc2)C1. The van der Waals surface area contributed by atoms with E-state index < -0.39 is 11.7 Å². The number of benzene rings is 1. The molecule has 0 radical (unpaired) electrons.